The highest BCUT2D eigenvalue weighted by atomic mass is 32.2. The van der Waals surface area contributed by atoms with Gasteiger partial charge in [-0.1, -0.05) is 35.4 Å². The van der Waals surface area contributed by atoms with Gasteiger partial charge in [0.15, 0.2) is 5.44 Å². The first kappa shape index (κ1) is 24.4. The summed E-state index contributed by atoms with van der Waals surface area (Å²) in [4.78, 5) is 33.0. The summed E-state index contributed by atoms with van der Waals surface area (Å²) in [6.07, 6.45) is -1.01. The average molecular weight is 449 g/mol. The fourth-order valence-corrected chi connectivity index (χ4v) is 4.00. The number of ether oxygens (including phenoxy) is 2. The number of hydrogen-bond acceptors (Lipinski definition) is 6. The van der Waals surface area contributed by atoms with Gasteiger partial charge in [0.05, 0.1) is 11.1 Å². The summed E-state index contributed by atoms with van der Waals surface area (Å²) in [5.41, 5.74) is 2.14. The summed E-state index contributed by atoms with van der Waals surface area (Å²) in [6.45, 7) is 5.21. The summed E-state index contributed by atoms with van der Waals surface area (Å²) in [6, 6.07) is 13.8. The Morgan fingerprint density at radius 1 is 1.00 bits per heavy atom. The number of aryl methyl sites for hydroxylation is 2. The summed E-state index contributed by atoms with van der Waals surface area (Å²) in [5.74, 6) is -1.81. The van der Waals surface area contributed by atoms with Crippen molar-refractivity contribution in [3.63, 3.8) is 0 Å². The van der Waals surface area contributed by atoms with Crippen molar-refractivity contribution in [3.8, 4) is 0 Å². The molecule has 0 amide bonds. The zero-order valence-electron chi connectivity index (χ0n) is 17.5. The molecule has 0 saturated carbocycles. The lowest BCUT2D eigenvalue weighted by atomic mass is 10.1. The SMILES string of the molecule is CC(=O)OC1SC(COC(=O)c2ccc(C)cc2)CC1F.Cc1ccc(C(=O)O)cc1. The number of esters is 2. The number of alkyl halides is 1. The number of hydrogen-bond donors (Lipinski definition) is 1. The molecule has 2 aromatic rings. The molecular weight excluding hydrogens is 423 g/mol. The van der Waals surface area contributed by atoms with Gasteiger partial charge in [-0.15, -0.1) is 11.8 Å². The van der Waals surface area contributed by atoms with E-state index in [0.29, 0.717) is 11.1 Å². The molecule has 1 aliphatic heterocycles. The van der Waals surface area contributed by atoms with Gasteiger partial charge in [0, 0.05) is 12.2 Å². The number of rotatable bonds is 5. The first-order valence-corrected chi connectivity index (χ1v) is 10.6. The molecule has 0 aromatic heterocycles. The van der Waals surface area contributed by atoms with Crippen LogP contribution in [0.25, 0.3) is 0 Å². The van der Waals surface area contributed by atoms with E-state index < -0.39 is 29.5 Å². The van der Waals surface area contributed by atoms with Crippen molar-refractivity contribution in [2.24, 2.45) is 0 Å². The average Bonchev–Trinajstić information content (AvgIpc) is 3.06. The third-order valence-corrected chi connectivity index (χ3v) is 5.75. The standard InChI is InChI=1S/C15H17FO4S.C8H8O2/c1-9-3-5-11(6-4-9)14(18)19-8-12-7-13(16)15(21-12)20-10(2)17;1-6-2-4-7(5-3-6)8(9)10/h3-6,12-13,15H,7-8H2,1-2H3;2-5H,1H3,(H,9,10). The van der Waals surface area contributed by atoms with Crippen LogP contribution in [0.4, 0.5) is 4.39 Å². The van der Waals surface area contributed by atoms with Crippen molar-refractivity contribution >= 4 is 29.7 Å². The number of benzene rings is 2. The van der Waals surface area contributed by atoms with Crippen LogP contribution in [0.1, 0.15) is 45.2 Å². The van der Waals surface area contributed by atoms with E-state index in [1.54, 1.807) is 36.4 Å². The Morgan fingerprint density at radius 2 is 1.52 bits per heavy atom. The molecule has 3 rings (SSSR count). The Balaban J connectivity index is 0.000000285. The maximum Gasteiger partial charge on any atom is 0.338 e. The van der Waals surface area contributed by atoms with Crippen molar-refractivity contribution < 1.29 is 33.4 Å². The second-order valence-electron chi connectivity index (χ2n) is 7.12. The summed E-state index contributed by atoms with van der Waals surface area (Å²) >= 11 is 1.19. The molecule has 0 spiro atoms. The van der Waals surface area contributed by atoms with Gasteiger partial charge in [-0.05, 0) is 44.5 Å². The largest absolute Gasteiger partial charge is 0.478 e. The molecule has 166 valence electrons. The smallest absolute Gasteiger partial charge is 0.338 e. The van der Waals surface area contributed by atoms with Crippen LogP contribution in [0, 0.1) is 13.8 Å². The lowest BCUT2D eigenvalue weighted by molar-refractivity contribution is -0.144. The number of carbonyl (C=O) groups excluding carboxylic acids is 2. The van der Waals surface area contributed by atoms with Crippen LogP contribution in [0.15, 0.2) is 48.5 Å². The molecule has 1 fully saturated rings. The first-order valence-electron chi connectivity index (χ1n) is 9.66. The van der Waals surface area contributed by atoms with Gasteiger partial charge in [-0.2, -0.15) is 0 Å². The van der Waals surface area contributed by atoms with Crippen LogP contribution in [0.3, 0.4) is 0 Å². The Hall–Kier alpha value is -2.87. The Bertz CT molecular complexity index is 897. The van der Waals surface area contributed by atoms with Gasteiger partial charge in [-0.3, -0.25) is 4.79 Å². The van der Waals surface area contributed by atoms with Crippen molar-refractivity contribution in [1.82, 2.24) is 0 Å². The van der Waals surface area contributed by atoms with Gasteiger partial charge < -0.3 is 14.6 Å². The molecule has 0 bridgehead atoms. The van der Waals surface area contributed by atoms with Crippen LogP contribution in [0.2, 0.25) is 0 Å². The third kappa shape index (κ3) is 8.05. The number of halogens is 1. The Morgan fingerprint density at radius 3 is 2.00 bits per heavy atom. The van der Waals surface area contributed by atoms with Gasteiger partial charge in [-0.25, -0.2) is 14.0 Å². The normalized spacial score (nSPS) is 19.7. The van der Waals surface area contributed by atoms with E-state index in [1.807, 2.05) is 26.0 Å². The Kier molecular flexibility index (Phi) is 9.05. The molecule has 1 saturated heterocycles. The number of thioether (sulfide) groups is 1. The highest BCUT2D eigenvalue weighted by molar-refractivity contribution is 8.00. The molecule has 1 N–H and O–H groups in total. The molecule has 1 heterocycles. The molecule has 6 nitrogen and oxygen atoms in total. The molecule has 0 radical (unpaired) electrons. The van der Waals surface area contributed by atoms with Gasteiger partial charge in [0.2, 0.25) is 0 Å². The Labute approximate surface area is 184 Å². The van der Waals surface area contributed by atoms with Crippen molar-refractivity contribution in [1.29, 1.82) is 0 Å². The molecule has 8 heteroatoms. The predicted octanol–water partition coefficient (Wildman–Crippen LogP) is 4.58. The van der Waals surface area contributed by atoms with Gasteiger partial charge in [0.25, 0.3) is 0 Å². The molecule has 3 atom stereocenters. The lowest BCUT2D eigenvalue weighted by Crippen LogP contribution is -2.18. The zero-order valence-corrected chi connectivity index (χ0v) is 18.4. The van der Waals surface area contributed by atoms with E-state index in [4.69, 9.17) is 14.6 Å². The highest BCUT2D eigenvalue weighted by Gasteiger charge is 2.38. The van der Waals surface area contributed by atoms with E-state index in [-0.39, 0.29) is 18.3 Å². The monoisotopic (exact) mass is 448 g/mol. The minimum absolute atomic E-state index is 0.107. The van der Waals surface area contributed by atoms with Crippen molar-refractivity contribution in [2.45, 2.75) is 44.0 Å². The zero-order chi connectivity index (χ0) is 23.0. The van der Waals surface area contributed by atoms with E-state index in [0.717, 1.165) is 11.1 Å². The molecule has 0 aliphatic carbocycles. The minimum atomic E-state index is -1.22. The van der Waals surface area contributed by atoms with Crippen LogP contribution < -0.4 is 0 Å². The number of carbonyl (C=O) groups is 3. The molecule has 2 aromatic carbocycles. The fraction of sp³-hybridized carbons (Fsp3) is 0.348. The first-order chi connectivity index (χ1) is 14.7. The number of carboxylic acid groups (broad SMARTS) is 1. The molecule has 3 unspecified atom stereocenters. The van der Waals surface area contributed by atoms with Crippen molar-refractivity contribution in [3.05, 3.63) is 70.8 Å². The predicted molar refractivity (Wildman–Crippen MR) is 116 cm³/mol. The molecule has 1 aliphatic rings. The van der Waals surface area contributed by atoms with Crippen molar-refractivity contribution in [2.75, 3.05) is 6.61 Å². The number of aromatic carboxylic acids is 1. The van der Waals surface area contributed by atoms with Gasteiger partial charge in [0.1, 0.15) is 12.8 Å². The van der Waals surface area contributed by atoms with Crippen LogP contribution in [0.5, 0.6) is 0 Å². The van der Waals surface area contributed by atoms with E-state index >= 15 is 0 Å². The maximum absolute atomic E-state index is 13.7. The van der Waals surface area contributed by atoms with E-state index in [2.05, 4.69) is 0 Å². The fourth-order valence-electron chi connectivity index (χ4n) is 2.70. The minimum Gasteiger partial charge on any atom is -0.478 e. The van der Waals surface area contributed by atoms with Gasteiger partial charge >= 0.3 is 17.9 Å². The summed E-state index contributed by atoms with van der Waals surface area (Å²) < 4.78 is 23.7. The quantitative estimate of drug-likeness (QED) is 0.670. The van der Waals surface area contributed by atoms with E-state index in [9.17, 15) is 18.8 Å². The topological polar surface area (TPSA) is 89.9 Å². The van der Waals surface area contributed by atoms with E-state index in [1.165, 1.54) is 18.7 Å². The van der Waals surface area contributed by atoms with Crippen LogP contribution in [-0.4, -0.2) is 46.5 Å². The van der Waals surface area contributed by atoms with Crippen LogP contribution >= 0.6 is 11.8 Å². The molecule has 31 heavy (non-hydrogen) atoms. The highest BCUT2D eigenvalue weighted by Crippen LogP contribution is 2.37. The molecular formula is C23H25FO6S. The summed E-state index contributed by atoms with van der Waals surface area (Å²) in [7, 11) is 0. The third-order valence-electron chi connectivity index (χ3n) is 4.38. The lowest BCUT2D eigenvalue weighted by Gasteiger charge is -2.12. The maximum atomic E-state index is 13.7. The number of carboxylic acids is 1. The second kappa shape index (κ2) is 11.5. The van der Waals surface area contributed by atoms with Crippen LogP contribution in [-0.2, 0) is 14.3 Å². The summed E-state index contributed by atoms with van der Waals surface area (Å²) in [5, 5.41) is 8.28. The second-order valence-corrected chi connectivity index (χ2v) is 8.53.